The van der Waals surface area contributed by atoms with Crippen LogP contribution in [-0.4, -0.2) is 49.3 Å². The van der Waals surface area contributed by atoms with E-state index in [1.54, 1.807) is 0 Å². The molecule has 170 valence electrons. The molecule has 0 radical (unpaired) electrons. The summed E-state index contributed by atoms with van der Waals surface area (Å²) in [6, 6.07) is -0.204. The largest absolute Gasteiger partial charge is 0.746 e. The maximum absolute atomic E-state index is 12.6. The normalized spacial score (nSPS) is 37.2. The maximum Gasteiger partial charge on any atom is 0.319 e. The Hall–Kier alpha value is -0.470. The first-order valence-corrected chi connectivity index (χ1v) is 11.9. The number of hydrogen-bond acceptors (Lipinski definition) is 8. The Kier molecular flexibility index (Phi) is 8.74. The Morgan fingerprint density at radius 2 is 1.86 bits per heavy atom. The number of hydrogen-bond donors (Lipinski definition) is 1. The summed E-state index contributed by atoms with van der Waals surface area (Å²) in [6.45, 7) is 15.6. The van der Waals surface area contributed by atoms with Crippen molar-refractivity contribution in [2.75, 3.05) is 6.61 Å². The van der Waals surface area contributed by atoms with Crippen LogP contribution in [-0.2, 0) is 27.8 Å². The van der Waals surface area contributed by atoms with E-state index in [0.717, 1.165) is 0 Å². The molecule has 29 heavy (non-hydrogen) atoms. The number of ether oxygens (including phenoxy) is 3. The maximum atomic E-state index is 12.6. The van der Waals surface area contributed by atoms with E-state index >= 15 is 0 Å². The fourth-order valence-electron chi connectivity index (χ4n) is 4.00. The molecular formula is C20H37NO7P-. The second-order valence-electron chi connectivity index (χ2n) is 8.81. The summed E-state index contributed by atoms with van der Waals surface area (Å²) in [4.78, 5) is 12.6. The minimum absolute atomic E-state index is 0.0215. The molecule has 0 bridgehead atoms. The Morgan fingerprint density at radius 3 is 2.45 bits per heavy atom. The summed E-state index contributed by atoms with van der Waals surface area (Å²) in [5, 5.41) is 0. The zero-order valence-corrected chi connectivity index (χ0v) is 19.3. The van der Waals surface area contributed by atoms with Crippen molar-refractivity contribution in [1.29, 1.82) is 0 Å². The monoisotopic (exact) mass is 434 g/mol. The molecule has 1 heterocycles. The quantitative estimate of drug-likeness (QED) is 0.413. The summed E-state index contributed by atoms with van der Waals surface area (Å²) in [6.07, 6.45) is -0.503. The van der Waals surface area contributed by atoms with Crippen molar-refractivity contribution in [2.24, 2.45) is 17.6 Å². The Labute approximate surface area is 174 Å². The zero-order chi connectivity index (χ0) is 21.9. The molecule has 2 rings (SSSR count). The Balaban J connectivity index is 2.00. The van der Waals surface area contributed by atoms with Gasteiger partial charge in [0.15, 0.2) is 0 Å². The van der Waals surface area contributed by atoms with Crippen molar-refractivity contribution in [1.82, 2.24) is 0 Å². The number of nitrogens with two attached hydrogens (primary N) is 1. The van der Waals surface area contributed by atoms with E-state index in [2.05, 4.69) is 6.58 Å². The average Bonchev–Trinajstić information content (AvgIpc) is 3.04. The van der Waals surface area contributed by atoms with Gasteiger partial charge < -0.3 is 33.9 Å². The van der Waals surface area contributed by atoms with Crippen molar-refractivity contribution >= 4 is 7.82 Å². The number of rotatable bonds is 10. The lowest BCUT2D eigenvalue weighted by molar-refractivity contribution is -0.229. The van der Waals surface area contributed by atoms with Crippen LogP contribution in [0.15, 0.2) is 12.3 Å². The van der Waals surface area contributed by atoms with Crippen molar-refractivity contribution in [3.05, 3.63) is 12.3 Å². The average molecular weight is 434 g/mol. The molecule has 0 aromatic rings. The van der Waals surface area contributed by atoms with Gasteiger partial charge in [-0.1, -0.05) is 13.5 Å². The highest BCUT2D eigenvalue weighted by Crippen LogP contribution is 2.48. The van der Waals surface area contributed by atoms with Gasteiger partial charge in [-0.05, 0) is 47.0 Å². The molecule has 1 saturated heterocycles. The van der Waals surface area contributed by atoms with Crippen LogP contribution < -0.4 is 10.6 Å². The van der Waals surface area contributed by atoms with Gasteiger partial charge in [-0.15, -0.1) is 0 Å². The van der Waals surface area contributed by atoms with Gasteiger partial charge in [0.1, 0.15) is 11.9 Å². The number of phosphoric ester groups is 1. The van der Waals surface area contributed by atoms with Gasteiger partial charge in [-0.25, -0.2) is 0 Å². The molecule has 8 atom stereocenters. The molecule has 1 aliphatic carbocycles. The zero-order valence-electron chi connectivity index (χ0n) is 18.4. The van der Waals surface area contributed by atoms with E-state index in [4.69, 9.17) is 29.0 Å². The third-order valence-corrected chi connectivity index (χ3v) is 6.38. The lowest BCUT2D eigenvalue weighted by Crippen LogP contribution is -2.37. The minimum atomic E-state index is -4.66. The third kappa shape index (κ3) is 7.03. The lowest BCUT2D eigenvalue weighted by atomic mass is 10.0. The molecule has 2 fully saturated rings. The molecule has 8 nitrogen and oxygen atoms in total. The summed E-state index contributed by atoms with van der Waals surface area (Å²) < 4.78 is 40.5. The summed E-state index contributed by atoms with van der Waals surface area (Å²) >= 11 is 0. The molecule has 0 spiro atoms. The van der Waals surface area contributed by atoms with E-state index in [0.29, 0.717) is 19.4 Å². The van der Waals surface area contributed by atoms with Gasteiger partial charge in [0.2, 0.25) is 0 Å². The first-order valence-electron chi connectivity index (χ1n) is 10.5. The molecular weight excluding hydrogens is 397 g/mol. The first kappa shape index (κ1) is 24.8. The van der Waals surface area contributed by atoms with E-state index < -0.39 is 20.0 Å². The molecule has 2 N–H and O–H groups in total. The van der Waals surface area contributed by atoms with Crippen molar-refractivity contribution < 1.29 is 32.7 Å². The molecule has 1 aliphatic heterocycles. The van der Waals surface area contributed by atoms with Crippen LogP contribution in [0.2, 0.25) is 0 Å². The van der Waals surface area contributed by atoms with Crippen LogP contribution in [0.25, 0.3) is 0 Å². The van der Waals surface area contributed by atoms with Gasteiger partial charge in [-0.2, -0.15) is 0 Å². The van der Waals surface area contributed by atoms with Gasteiger partial charge >= 0.3 is 7.82 Å². The van der Waals surface area contributed by atoms with Gasteiger partial charge in [0.25, 0.3) is 0 Å². The topological polar surface area (TPSA) is 112 Å². The van der Waals surface area contributed by atoms with Crippen molar-refractivity contribution in [3.63, 3.8) is 0 Å². The van der Waals surface area contributed by atoms with E-state index in [1.807, 2.05) is 41.5 Å². The van der Waals surface area contributed by atoms with E-state index in [1.165, 1.54) is 0 Å². The highest BCUT2D eigenvalue weighted by molar-refractivity contribution is 7.46. The summed E-state index contributed by atoms with van der Waals surface area (Å²) in [5.74, 6) is -0.137. The van der Waals surface area contributed by atoms with Crippen LogP contribution in [0, 0.1) is 11.8 Å². The summed E-state index contributed by atoms with van der Waals surface area (Å²) in [7, 11) is -4.66. The van der Waals surface area contributed by atoms with Crippen LogP contribution in [0.4, 0.5) is 0 Å². The second kappa shape index (κ2) is 10.2. The van der Waals surface area contributed by atoms with Crippen LogP contribution in [0.1, 0.15) is 54.4 Å². The molecule has 1 saturated carbocycles. The standard InChI is InChI=1S/C20H38NO7P/c1-11(2)24-10-16-17(8-13(5)19(16)21)28-29(22,23)27-15(7)20-18(25-12(3)4)9-14(6)26-20/h11-14,16-20H,7-10,21H2,1-6H3,(H,22,23)/p-1. The van der Waals surface area contributed by atoms with Crippen LogP contribution in [0.3, 0.4) is 0 Å². The minimum Gasteiger partial charge on any atom is -0.746 e. The molecule has 2 aliphatic rings. The molecule has 9 heteroatoms. The molecule has 8 unspecified atom stereocenters. The molecule has 0 aromatic carbocycles. The fourth-order valence-corrected chi connectivity index (χ4v) is 5.01. The highest BCUT2D eigenvalue weighted by atomic mass is 31.2. The van der Waals surface area contributed by atoms with Gasteiger partial charge in [-0.3, -0.25) is 4.57 Å². The lowest BCUT2D eigenvalue weighted by Gasteiger charge is -2.32. The van der Waals surface area contributed by atoms with E-state index in [9.17, 15) is 9.46 Å². The molecule has 0 aromatic heterocycles. The van der Waals surface area contributed by atoms with Crippen LogP contribution in [0.5, 0.6) is 0 Å². The van der Waals surface area contributed by atoms with Crippen molar-refractivity contribution in [2.45, 2.75) is 97.0 Å². The van der Waals surface area contributed by atoms with Crippen LogP contribution >= 0.6 is 7.82 Å². The molecule has 0 amide bonds. The van der Waals surface area contributed by atoms with Gasteiger partial charge in [0.05, 0.1) is 37.1 Å². The highest BCUT2D eigenvalue weighted by Gasteiger charge is 2.43. The predicted molar refractivity (Wildman–Crippen MR) is 108 cm³/mol. The Morgan fingerprint density at radius 1 is 1.21 bits per heavy atom. The predicted octanol–water partition coefficient (Wildman–Crippen LogP) is 2.75. The first-order chi connectivity index (χ1) is 13.4. The second-order valence-corrected chi connectivity index (χ2v) is 10.1. The number of phosphoric acid groups is 1. The SMILES string of the molecule is C=C(OP(=O)([O-])OC1CC(C)C(N)C1COC(C)C)C1OC(C)CC1OC(C)C. The fraction of sp³-hybridized carbons (Fsp3) is 0.900. The summed E-state index contributed by atoms with van der Waals surface area (Å²) in [5.41, 5.74) is 6.25. The third-order valence-electron chi connectivity index (χ3n) is 5.39. The van der Waals surface area contributed by atoms with Crippen molar-refractivity contribution in [3.8, 4) is 0 Å². The smallest absolute Gasteiger partial charge is 0.319 e. The van der Waals surface area contributed by atoms with E-state index in [-0.39, 0.29) is 48.1 Å². The Bertz CT molecular complexity index is 599. The van der Waals surface area contributed by atoms with Gasteiger partial charge in [0, 0.05) is 18.4 Å².